The van der Waals surface area contributed by atoms with E-state index >= 15 is 0 Å². The Labute approximate surface area is 342 Å². The van der Waals surface area contributed by atoms with E-state index in [0.717, 1.165) is 11.3 Å². The van der Waals surface area contributed by atoms with E-state index in [-0.39, 0.29) is 48.8 Å². The first kappa shape index (κ1) is 43.7. The number of nitrogens with one attached hydrogen (secondary N) is 2. The predicted molar refractivity (Wildman–Crippen MR) is 214 cm³/mol. The number of carbonyl (C=O) groups excluding carboxylic acids is 6. The number of nitrogen functional groups attached to an aromatic ring is 1. The second kappa shape index (κ2) is 20.8. The molecule has 7 rings (SSSR count). The smallest absolute Gasteiger partial charge is 0.414 e. The van der Waals surface area contributed by atoms with Gasteiger partial charge < -0.3 is 34.6 Å². The minimum Gasteiger partial charge on any atom is -0.444 e. The Morgan fingerprint density at radius 1 is 0.883 bits per heavy atom. The second-order valence-corrected chi connectivity index (χ2v) is 13.3. The normalized spacial score (nSPS) is 15.5. The minimum atomic E-state index is -0.641. The van der Waals surface area contributed by atoms with Gasteiger partial charge in [-0.3, -0.25) is 30.4 Å². The van der Waals surface area contributed by atoms with Crippen molar-refractivity contribution in [1.82, 2.24) is 25.1 Å². The molecule has 2 fully saturated rings. The molecule has 2 aliphatic rings. The quantitative estimate of drug-likeness (QED) is 0.0623. The lowest BCUT2D eigenvalue weighted by Crippen LogP contribution is -2.33. The Balaban J connectivity index is 0.000000190. The summed E-state index contributed by atoms with van der Waals surface area (Å²) in [5.41, 5.74) is 5.58. The van der Waals surface area contributed by atoms with E-state index in [0.29, 0.717) is 42.4 Å². The molecule has 3 amide bonds. The molecule has 0 radical (unpaired) electrons. The van der Waals surface area contributed by atoms with Crippen molar-refractivity contribution < 1.29 is 47.0 Å². The maximum atomic E-state index is 14.8. The van der Waals surface area contributed by atoms with Crippen LogP contribution in [-0.2, 0) is 28.7 Å². The molecule has 0 bridgehead atoms. The fourth-order valence-electron chi connectivity index (χ4n) is 5.88. The standard InChI is InChI=1S/C21H19FN4O3.C12H15FN4O3.C8H7NO2/c1-14(27)5-7-17-13-25(21(28)29-17)16-6-8-20(18(22)10-16)26-12-15(11-24-26)19-4-2-3-9-23-19;1-7(18)15-5-9-6-17(12(19)20-9)8-2-3-11(16-14)10(13)4-8;10-5-8(6-11)7-1-3-9-4-2-7/h2-4,6,8-12,17H,5,7,13H2,1H3;2-4,9,16H,5-6,14H2,1H3,(H,15,18);1-6,8H/t17-;9-;/m00./s1. The summed E-state index contributed by atoms with van der Waals surface area (Å²) < 4.78 is 40.2. The van der Waals surface area contributed by atoms with Gasteiger partial charge in [0.1, 0.15) is 42.1 Å². The fraction of sp³-hybridized carbons (Fsp3) is 0.244. The summed E-state index contributed by atoms with van der Waals surface area (Å²) in [6, 6.07) is 17.5. The van der Waals surface area contributed by atoms with Crippen LogP contribution >= 0.6 is 0 Å². The Morgan fingerprint density at radius 2 is 1.53 bits per heavy atom. The highest BCUT2D eigenvalue weighted by Gasteiger charge is 2.34. The van der Waals surface area contributed by atoms with E-state index in [1.165, 1.54) is 46.5 Å². The number of rotatable bonds is 13. The Bertz CT molecular complexity index is 2290. The fourth-order valence-corrected chi connectivity index (χ4v) is 5.88. The summed E-state index contributed by atoms with van der Waals surface area (Å²) in [5, 5.41) is 6.78. The van der Waals surface area contributed by atoms with Crippen LogP contribution in [0.25, 0.3) is 16.9 Å². The van der Waals surface area contributed by atoms with E-state index in [9.17, 15) is 37.5 Å². The lowest BCUT2D eigenvalue weighted by molar-refractivity contribution is -0.119. The number of hydrazine groups is 1. The zero-order chi connectivity index (χ0) is 43.2. The summed E-state index contributed by atoms with van der Waals surface area (Å²) in [5.74, 6) is 3.25. The van der Waals surface area contributed by atoms with Gasteiger partial charge in [-0.15, -0.1) is 0 Å². The molecular formula is C41H41F2N9O8. The first-order valence-electron chi connectivity index (χ1n) is 18.4. The zero-order valence-electron chi connectivity index (χ0n) is 32.4. The number of aromatic nitrogens is 4. The molecule has 17 nitrogen and oxygen atoms in total. The topological polar surface area (TPSA) is 221 Å². The molecule has 312 valence electrons. The third kappa shape index (κ3) is 11.6. The largest absolute Gasteiger partial charge is 0.444 e. The lowest BCUT2D eigenvalue weighted by Gasteiger charge is -2.14. The number of hydrogen-bond donors (Lipinski definition) is 3. The molecule has 0 spiro atoms. The summed E-state index contributed by atoms with van der Waals surface area (Å²) in [6.07, 6.45) is 8.18. The van der Waals surface area contributed by atoms with Gasteiger partial charge in [0.25, 0.3) is 0 Å². The third-order valence-electron chi connectivity index (χ3n) is 8.98. The third-order valence-corrected chi connectivity index (χ3v) is 8.98. The van der Waals surface area contributed by atoms with Gasteiger partial charge in [-0.25, -0.2) is 23.1 Å². The number of hydrogen-bond acceptors (Lipinski definition) is 13. The molecule has 4 N–H and O–H groups in total. The van der Waals surface area contributed by atoms with Crippen LogP contribution < -0.4 is 26.4 Å². The highest BCUT2D eigenvalue weighted by molar-refractivity contribution is 5.91. The van der Waals surface area contributed by atoms with E-state index < -0.39 is 35.8 Å². The van der Waals surface area contributed by atoms with Crippen LogP contribution in [-0.4, -0.2) is 88.0 Å². The van der Waals surface area contributed by atoms with Gasteiger partial charge in [0.15, 0.2) is 5.82 Å². The maximum absolute atomic E-state index is 14.8. The molecule has 2 saturated heterocycles. The van der Waals surface area contributed by atoms with Crippen molar-refractivity contribution in [3.8, 4) is 16.9 Å². The molecule has 0 unspecified atom stereocenters. The monoisotopic (exact) mass is 825 g/mol. The average molecular weight is 826 g/mol. The Kier molecular flexibility index (Phi) is 15.2. The van der Waals surface area contributed by atoms with E-state index in [1.54, 1.807) is 61.3 Å². The predicted octanol–water partition coefficient (Wildman–Crippen LogP) is 4.90. The molecule has 60 heavy (non-hydrogen) atoms. The van der Waals surface area contributed by atoms with Crippen molar-refractivity contribution in [3.63, 3.8) is 0 Å². The first-order valence-corrected chi connectivity index (χ1v) is 18.4. The number of carbonyl (C=O) groups is 6. The number of ketones is 1. The van der Waals surface area contributed by atoms with Crippen molar-refractivity contribution >= 4 is 53.5 Å². The maximum Gasteiger partial charge on any atom is 0.414 e. The molecule has 0 saturated carbocycles. The molecular weight excluding hydrogens is 785 g/mol. The number of aldehydes is 2. The van der Waals surface area contributed by atoms with Crippen molar-refractivity contribution in [2.75, 3.05) is 34.9 Å². The number of nitrogens with two attached hydrogens (primary N) is 1. The van der Waals surface area contributed by atoms with Crippen LogP contribution in [0.15, 0.2) is 97.7 Å². The van der Waals surface area contributed by atoms with Gasteiger partial charge in [-0.2, -0.15) is 5.10 Å². The number of anilines is 3. The van der Waals surface area contributed by atoms with Crippen LogP contribution in [0.2, 0.25) is 0 Å². The number of cyclic esters (lactones) is 2. The van der Waals surface area contributed by atoms with E-state index in [1.807, 2.05) is 18.2 Å². The number of ether oxygens (including phenoxy) is 2. The number of pyridine rings is 2. The zero-order valence-corrected chi connectivity index (χ0v) is 32.4. The van der Waals surface area contributed by atoms with Crippen molar-refractivity contribution in [2.45, 2.75) is 44.8 Å². The van der Waals surface area contributed by atoms with Crippen molar-refractivity contribution in [1.29, 1.82) is 0 Å². The van der Waals surface area contributed by atoms with Crippen LogP contribution in [0.5, 0.6) is 0 Å². The number of amides is 3. The molecule has 5 heterocycles. The first-order chi connectivity index (χ1) is 28.9. The Morgan fingerprint density at radius 3 is 2.12 bits per heavy atom. The summed E-state index contributed by atoms with van der Waals surface area (Å²) in [6.45, 7) is 3.63. The van der Waals surface area contributed by atoms with Gasteiger partial charge in [-0.05, 0) is 79.6 Å². The molecule has 2 atom stereocenters. The van der Waals surface area contributed by atoms with Gasteiger partial charge in [0.2, 0.25) is 5.91 Å². The second-order valence-electron chi connectivity index (χ2n) is 13.3. The van der Waals surface area contributed by atoms with Crippen LogP contribution in [0.4, 0.5) is 35.4 Å². The molecule has 2 aliphatic heterocycles. The van der Waals surface area contributed by atoms with Gasteiger partial charge in [0.05, 0.1) is 54.5 Å². The van der Waals surface area contributed by atoms with Crippen molar-refractivity contribution in [3.05, 3.63) is 115 Å². The highest BCUT2D eigenvalue weighted by atomic mass is 19.1. The van der Waals surface area contributed by atoms with Gasteiger partial charge in [-0.1, -0.05) is 6.07 Å². The number of halogens is 2. The molecule has 2 aromatic carbocycles. The van der Waals surface area contributed by atoms with E-state index in [2.05, 4.69) is 25.8 Å². The highest BCUT2D eigenvalue weighted by Crippen LogP contribution is 2.28. The van der Waals surface area contributed by atoms with E-state index in [4.69, 9.17) is 15.3 Å². The van der Waals surface area contributed by atoms with Crippen molar-refractivity contribution in [2.24, 2.45) is 5.84 Å². The number of nitrogens with zero attached hydrogens (tertiary/aromatic N) is 6. The Hall–Kier alpha value is -7.41. The molecule has 19 heteroatoms. The summed E-state index contributed by atoms with van der Waals surface area (Å²) in [7, 11) is 0. The minimum absolute atomic E-state index is 0.0409. The summed E-state index contributed by atoms with van der Waals surface area (Å²) >= 11 is 0. The lowest BCUT2D eigenvalue weighted by atomic mass is 10.0. The summed E-state index contributed by atoms with van der Waals surface area (Å²) in [4.78, 5) is 77.1. The average Bonchev–Trinajstić information content (AvgIpc) is 3.99. The van der Waals surface area contributed by atoms with Gasteiger partial charge >= 0.3 is 12.2 Å². The molecule has 0 aliphatic carbocycles. The number of Topliss-reactive ketones (excluding diaryl/α,β-unsaturated/α-hetero) is 1. The SMILES string of the molecule is CC(=O)CC[C@H]1CN(c2ccc(-n3cc(-c4ccccn4)cn3)c(F)c2)C(=O)O1.CC(=O)NC[C@H]1CN(c2ccc(NN)c(F)c2)C(=O)O1.O=CC(C=O)c1ccncc1. The molecule has 5 aromatic rings. The van der Waals surface area contributed by atoms with Crippen LogP contribution in [0, 0.1) is 11.6 Å². The van der Waals surface area contributed by atoms with Gasteiger partial charge in [0, 0.05) is 43.7 Å². The molecule has 3 aromatic heterocycles. The number of benzene rings is 2. The van der Waals surface area contributed by atoms with Crippen LogP contribution in [0.1, 0.15) is 38.2 Å². The van der Waals surface area contributed by atoms with Crippen LogP contribution in [0.3, 0.4) is 0 Å².